The minimum Gasteiger partial charge on any atom is -0.311 e. The predicted molar refractivity (Wildman–Crippen MR) is 261 cm³/mol. The van der Waals surface area contributed by atoms with Gasteiger partial charge in [-0.05, 0) is 127 Å². The van der Waals surface area contributed by atoms with E-state index in [1.165, 1.54) is 68.9 Å². The van der Waals surface area contributed by atoms with Crippen molar-refractivity contribution in [2.45, 2.75) is 96.6 Å². The molecule has 0 amide bonds. The monoisotopic (exact) mass is 825 g/mol. The Bertz CT molecular complexity index is 2800. The fraction of sp³-hybridized carbons (Fsp3) is 0.259. The summed E-state index contributed by atoms with van der Waals surface area (Å²) in [7, 11) is 0. The van der Waals surface area contributed by atoms with Crippen LogP contribution in [0.4, 0.5) is 22.7 Å². The second kappa shape index (κ2) is 17.3. The number of aryl methyl sites for hydroxylation is 1. The van der Waals surface area contributed by atoms with E-state index in [9.17, 15) is 0 Å². The Balaban J connectivity index is 1.03. The zero-order chi connectivity index (χ0) is 42.9. The van der Waals surface area contributed by atoms with E-state index >= 15 is 0 Å². The first-order valence-electron chi connectivity index (χ1n) is 23.3. The van der Waals surface area contributed by atoms with Crippen molar-refractivity contribution in [3.8, 4) is 22.5 Å². The molecule has 5 heterocycles. The van der Waals surface area contributed by atoms with E-state index in [-0.39, 0.29) is 11.5 Å². The van der Waals surface area contributed by atoms with E-state index in [0.717, 1.165) is 61.4 Å². The number of anilines is 4. The van der Waals surface area contributed by atoms with Crippen molar-refractivity contribution in [3.63, 3.8) is 0 Å². The third kappa shape index (κ3) is 7.37. The number of hydrazone groups is 1. The third-order valence-electron chi connectivity index (χ3n) is 14.3. The van der Waals surface area contributed by atoms with Crippen LogP contribution in [-0.2, 0) is 18.5 Å². The standard InChI is InChI=1S/C58H59N5/c1-5-8-18-43-26-31-47(32-27-43)63(46-19-10-9-11-20-46)48-33-29-44(30-34-48)45-28-25-42(4)59-62(40-45)49-35-36-52-53(39-49)56-24-15-17-38-61(56)58(6-2,7-3)57(52)54-41-60-37-16-14-23-55(60)51-22-13-12-21-50(51)54/h9-17,19-24,26-27,29-40,54,57H,5-8,18,25,28,41H2,1-4H3/q+2. The van der Waals surface area contributed by atoms with Crippen LogP contribution in [0.1, 0.15) is 100 Å². The summed E-state index contributed by atoms with van der Waals surface area (Å²) in [5, 5.41) is 7.40. The Kier molecular flexibility index (Phi) is 11.1. The number of fused-ring (bicyclic) bond motifs is 6. The van der Waals surface area contributed by atoms with Crippen LogP contribution in [0.3, 0.4) is 0 Å². The third-order valence-corrected chi connectivity index (χ3v) is 14.3. The molecule has 0 spiro atoms. The summed E-state index contributed by atoms with van der Waals surface area (Å²) in [6.07, 6.45) is 14.3. The summed E-state index contributed by atoms with van der Waals surface area (Å²) in [5.41, 5.74) is 17.6. The van der Waals surface area contributed by atoms with Crippen molar-refractivity contribution in [3.05, 3.63) is 199 Å². The largest absolute Gasteiger partial charge is 0.311 e. The Morgan fingerprint density at radius 2 is 1.33 bits per heavy atom. The molecule has 7 aromatic rings. The lowest BCUT2D eigenvalue weighted by Crippen LogP contribution is -2.64. The molecule has 10 rings (SSSR count). The van der Waals surface area contributed by atoms with Gasteiger partial charge in [0.15, 0.2) is 24.5 Å². The minimum absolute atomic E-state index is 0.0967. The van der Waals surface area contributed by atoms with Gasteiger partial charge in [0.05, 0.1) is 23.1 Å². The van der Waals surface area contributed by atoms with Crippen LogP contribution in [-0.4, -0.2) is 5.71 Å². The molecule has 2 atom stereocenters. The lowest BCUT2D eigenvalue weighted by molar-refractivity contribution is -0.766. The Morgan fingerprint density at radius 3 is 2.10 bits per heavy atom. The normalized spacial score (nSPS) is 17.3. The summed E-state index contributed by atoms with van der Waals surface area (Å²) in [4.78, 5) is 2.36. The van der Waals surface area contributed by atoms with E-state index in [1.54, 1.807) is 0 Å². The van der Waals surface area contributed by atoms with Crippen LogP contribution in [0, 0.1) is 0 Å². The van der Waals surface area contributed by atoms with Crippen LogP contribution in [0.5, 0.6) is 0 Å². The number of para-hydroxylation sites is 1. The summed E-state index contributed by atoms with van der Waals surface area (Å²) in [6.45, 7) is 10.2. The molecule has 3 aliphatic heterocycles. The molecule has 3 aliphatic rings. The molecule has 5 aromatic carbocycles. The smallest absolute Gasteiger partial charge is 0.213 e. The van der Waals surface area contributed by atoms with Gasteiger partial charge in [0.2, 0.25) is 11.4 Å². The molecule has 0 saturated heterocycles. The summed E-state index contributed by atoms with van der Waals surface area (Å²) in [5.74, 6) is 0.550. The number of hydrogen-bond acceptors (Lipinski definition) is 3. The number of allylic oxidation sites excluding steroid dienone is 1. The van der Waals surface area contributed by atoms with Gasteiger partial charge in [-0.2, -0.15) is 14.2 Å². The average Bonchev–Trinajstić information content (AvgIpc) is 3.55. The van der Waals surface area contributed by atoms with E-state index in [4.69, 9.17) is 5.10 Å². The number of unbranched alkanes of at least 4 members (excludes halogenated alkanes) is 1. The molecule has 63 heavy (non-hydrogen) atoms. The zero-order valence-corrected chi connectivity index (χ0v) is 37.3. The highest BCUT2D eigenvalue weighted by atomic mass is 15.4. The van der Waals surface area contributed by atoms with Gasteiger partial charge < -0.3 is 4.90 Å². The van der Waals surface area contributed by atoms with Gasteiger partial charge in [-0.25, -0.2) is 5.01 Å². The Labute approximate surface area is 374 Å². The molecule has 0 aliphatic carbocycles. The maximum absolute atomic E-state index is 5.26. The molecular formula is C58H59N5+2. The van der Waals surface area contributed by atoms with Gasteiger partial charge in [-0.3, -0.25) is 0 Å². The van der Waals surface area contributed by atoms with Crippen molar-refractivity contribution in [1.29, 1.82) is 0 Å². The maximum Gasteiger partial charge on any atom is 0.213 e. The second-order valence-corrected chi connectivity index (χ2v) is 17.8. The first kappa shape index (κ1) is 40.5. The molecule has 0 fully saturated rings. The summed E-state index contributed by atoms with van der Waals surface area (Å²) >= 11 is 0. The summed E-state index contributed by atoms with van der Waals surface area (Å²) in [6, 6.07) is 58.7. The van der Waals surface area contributed by atoms with Crippen LogP contribution in [0.25, 0.3) is 28.1 Å². The van der Waals surface area contributed by atoms with Gasteiger partial charge in [0, 0.05) is 71.6 Å². The molecule has 5 nitrogen and oxygen atoms in total. The highest BCUT2D eigenvalue weighted by Gasteiger charge is 2.56. The molecule has 0 N–H and O–H groups in total. The van der Waals surface area contributed by atoms with E-state index < -0.39 is 0 Å². The number of pyridine rings is 2. The second-order valence-electron chi connectivity index (χ2n) is 17.8. The van der Waals surface area contributed by atoms with Crippen molar-refractivity contribution < 1.29 is 9.13 Å². The first-order valence-corrected chi connectivity index (χ1v) is 23.3. The Hall–Kier alpha value is -6.59. The van der Waals surface area contributed by atoms with Crippen molar-refractivity contribution in [2.24, 2.45) is 5.10 Å². The molecule has 0 radical (unpaired) electrons. The molecule has 314 valence electrons. The SMILES string of the molecule is CCCCc1ccc(N(c2ccccc2)c2ccc(C3=CN(c4ccc5c(c4)-c4cccc[n+]4C(CC)(CC)C5C4C[n+]5ccccc5-c5ccccc54)N=C(C)CC3)cc2)cc1. The number of benzene rings is 5. The topological polar surface area (TPSA) is 26.6 Å². The van der Waals surface area contributed by atoms with Crippen molar-refractivity contribution >= 4 is 34.0 Å². The van der Waals surface area contributed by atoms with E-state index in [0.29, 0.717) is 5.92 Å². The molecular weight excluding hydrogens is 767 g/mol. The molecule has 2 aromatic heterocycles. The maximum atomic E-state index is 5.26. The Morgan fingerprint density at radius 1 is 0.651 bits per heavy atom. The van der Waals surface area contributed by atoms with Gasteiger partial charge in [0.25, 0.3) is 0 Å². The first-order chi connectivity index (χ1) is 31.0. The van der Waals surface area contributed by atoms with Crippen LogP contribution in [0.2, 0.25) is 0 Å². The quantitative estimate of drug-likeness (QED) is 0.121. The summed E-state index contributed by atoms with van der Waals surface area (Å²) < 4.78 is 5.12. The minimum atomic E-state index is -0.0967. The molecule has 0 saturated carbocycles. The fourth-order valence-electron chi connectivity index (χ4n) is 11.0. The van der Waals surface area contributed by atoms with Crippen LogP contribution < -0.4 is 19.0 Å². The highest BCUT2D eigenvalue weighted by Crippen LogP contribution is 2.54. The van der Waals surface area contributed by atoms with Gasteiger partial charge in [-0.15, -0.1) is 0 Å². The highest BCUT2D eigenvalue weighted by molar-refractivity contribution is 5.88. The number of hydrogen-bond donors (Lipinski definition) is 0. The molecule has 0 bridgehead atoms. The molecule has 2 unspecified atom stereocenters. The number of nitrogens with zero attached hydrogens (tertiary/aromatic N) is 5. The lowest BCUT2D eigenvalue weighted by atomic mass is 9.62. The van der Waals surface area contributed by atoms with Gasteiger partial charge >= 0.3 is 0 Å². The van der Waals surface area contributed by atoms with Gasteiger partial charge in [-0.1, -0.05) is 93.9 Å². The average molecular weight is 826 g/mol. The zero-order valence-electron chi connectivity index (χ0n) is 37.3. The van der Waals surface area contributed by atoms with Crippen molar-refractivity contribution in [2.75, 3.05) is 9.91 Å². The number of aromatic nitrogens is 2. The predicted octanol–water partition coefficient (Wildman–Crippen LogP) is 13.8. The van der Waals surface area contributed by atoms with E-state index in [1.807, 2.05) is 0 Å². The number of rotatable bonds is 11. The fourth-order valence-corrected chi connectivity index (χ4v) is 11.0. The van der Waals surface area contributed by atoms with Crippen LogP contribution in [0.15, 0.2) is 181 Å². The van der Waals surface area contributed by atoms with Crippen LogP contribution >= 0.6 is 0 Å². The van der Waals surface area contributed by atoms with Gasteiger partial charge in [0.1, 0.15) is 0 Å². The van der Waals surface area contributed by atoms with Crippen molar-refractivity contribution in [1.82, 2.24) is 0 Å². The lowest BCUT2D eigenvalue weighted by Gasteiger charge is -2.44. The van der Waals surface area contributed by atoms with E-state index in [2.05, 4.69) is 223 Å². The molecule has 5 heteroatoms.